The minimum absolute atomic E-state index is 0.0316. The molecule has 2 N–H and O–H groups in total. The molecule has 0 radical (unpaired) electrons. The van der Waals surface area contributed by atoms with E-state index >= 15 is 0 Å². The maximum atomic E-state index is 12.9. The van der Waals surface area contributed by atoms with Crippen LogP contribution in [0.3, 0.4) is 0 Å². The summed E-state index contributed by atoms with van der Waals surface area (Å²) < 4.78 is 5.41. The molecule has 3 amide bonds. The van der Waals surface area contributed by atoms with Crippen molar-refractivity contribution in [1.29, 1.82) is 0 Å². The highest BCUT2D eigenvalue weighted by Gasteiger charge is 2.45. The van der Waals surface area contributed by atoms with E-state index in [0.717, 1.165) is 12.8 Å². The molecule has 130 valence electrons. The Morgan fingerprint density at radius 3 is 2.30 bits per heavy atom. The van der Waals surface area contributed by atoms with Gasteiger partial charge in [-0.05, 0) is 46.0 Å². The van der Waals surface area contributed by atoms with Gasteiger partial charge < -0.3 is 15.4 Å². The number of nitrogens with zero attached hydrogens (tertiary/aromatic N) is 2. The van der Waals surface area contributed by atoms with Gasteiger partial charge in [0.25, 0.3) is 0 Å². The van der Waals surface area contributed by atoms with Crippen LogP contribution in [0.4, 0.5) is 4.79 Å². The van der Waals surface area contributed by atoms with Crippen LogP contribution in [0, 0.1) is 5.92 Å². The van der Waals surface area contributed by atoms with Gasteiger partial charge in [0.05, 0.1) is 0 Å². The van der Waals surface area contributed by atoms with Crippen molar-refractivity contribution < 1.29 is 19.1 Å². The molecule has 2 saturated heterocycles. The predicted molar refractivity (Wildman–Crippen MR) is 84.4 cm³/mol. The number of likely N-dealkylation sites (tertiary alicyclic amines) is 2. The van der Waals surface area contributed by atoms with E-state index in [1.807, 2.05) is 6.92 Å². The van der Waals surface area contributed by atoms with Crippen LogP contribution in [0.2, 0.25) is 0 Å². The van der Waals surface area contributed by atoms with Crippen molar-refractivity contribution in [2.24, 2.45) is 11.7 Å². The number of nitrogens with two attached hydrogens (primary N) is 1. The van der Waals surface area contributed by atoms with Crippen LogP contribution in [-0.4, -0.2) is 58.5 Å². The van der Waals surface area contributed by atoms with Gasteiger partial charge in [0.15, 0.2) is 0 Å². The fourth-order valence-corrected chi connectivity index (χ4v) is 3.35. The molecular weight excluding hydrogens is 298 g/mol. The molecule has 0 aliphatic carbocycles. The van der Waals surface area contributed by atoms with Crippen molar-refractivity contribution in [2.75, 3.05) is 13.1 Å². The molecule has 0 aromatic carbocycles. The van der Waals surface area contributed by atoms with Gasteiger partial charge in [0, 0.05) is 13.1 Å². The van der Waals surface area contributed by atoms with E-state index in [4.69, 9.17) is 10.5 Å². The Kier molecular flexibility index (Phi) is 4.87. The van der Waals surface area contributed by atoms with Crippen molar-refractivity contribution in [2.45, 2.75) is 64.6 Å². The molecule has 7 heteroatoms. The Bertz CT molecular complexity index is 500. The zero-order chi connectivity index (χ0) is 17.4. The van der Waals surface area contributed by atoms with Crippen LogP contribution in [0.25, 0.3) is 0 Å². The average molecular weight is 325 g/mol. The molecule has 2 heterocycles. The third kappa shape index (κ3) is 3.76. The molecule has 2 aliphatic rings. The molecule has 0 unspecified atom stereocenters. The fraction of sp³-hybridized carbons (Fsp3) is 0.812. The summed E-state index contributed by atoms with van der Waals surface area (Å²) in [4.78, 5) is 39.9. The molecule has 2 aliphatic heterocycles. The molecule has 7 nitrogen and oxygen atoms in total. The quantitative estimate of drug-likeness (QED) is 0.823. The first-order valence-electron chi connectivity index (χ1n) is 8.21. The predicted octanol–water partition coefficient (Wildman–Crippen LogP) is 1.11. The molecule has 2 fully saturated rings. The van der Waals surface area contributed by atoms with Crippen LogP contribution in [0.15, 0.2) is 0 Å². The van der Waals surface area contributed by atoms with Gasteiger partial charge in [-0.15, -0.1) is 0 Å². The zero-order valence-electron chi connectivity index (χ0n) is 14.4. The molecule has 23 heavy (non-hydrogen) atoms. The van der Waals surface area contributed by atoms with Crippen LogP contribution >= 0.6 is 0 Å². The number of carbonyl (C=O) groups excluding carboxylic acids is 3. The highest BCUT2D eigenvalue weighted by atomic mass is 16.6. The molecule has 2 rings (SSSR count). The number of amides is 3. The summed E-state index contributed by atoms with van der Waals surface area (Å²) in [7, 11) is 0. The lowest BCUT2D eigenvalue weighted by Gasteiger charge is -2.33. The number of hydrogen-bond acceptors (Lipinski definition) is 4. The first-order valence-corrected chi connectivity index (χ1v) is 8.21. The summed E-state index contributed by atoms with van der Waals surface area (Å²) >= 11 is 0. The second-order valence-corrected chi connectivity index (χ2v) is 7.48. The lowest BCUT2D eigenvalue weighted by molar-refractivity contribution is -0.141. The van der Waals surface area contributed by atoms with Crippen LogP contribution in [0.5, 0.6) is 0 Å². The standard InChI is InChI=1S/C16H27N3O4/c1-10-7-9-19(15(22)23-16(2,3)4)12(10)14(21)18-8-5-6-11(18)13(17)20/h10-12H,5-9H2,1-4H3,(H2,17,20)/t10-,11-,12+/m1/s1. The fourth-order valence-electron chi connectivity index (χ4n) is 3.35. The number of rotatable bonds is 2. The van der Waals surface area contributed by atoms with Gasteiger partial charge in [-0.2, -0.15) is 0 Å². The van der Waals surface area contributed by atoms with Crippen LogP contribution in [-0.2, 0) is 14.3 Å². The van der Waals surface area contributed by atoms with Crippen molar-refractivity contribution in [3.8, 4) is 0 Å². The Morgan fingerprint density at radius 2 is 1.74 bits per heavy atom. The van der Waals surface area contributed by atoms with Gasteiger partial charge in [-0.1, -0.05) is 6.92 Å². The SMILES string of the molecule is C[C@@H]1CCN(C(=O)OC(C)(C)C)[C@@H]1C(=O)N1CCC[C@@H]1C(N)=O. The Labute approximate surface area is 137 Å². The maximum absolute atomic E-state index is 12.9. The van der Waals surface area contributed by atoms with Gasteiger partial charge in [-0.3, -0.25) is 14.5 Å². The summed E-state index contributed by atoms with van der Waals surface area (Å²) in [5.74, 6) is -0.642. The maximum Gasteiger partial charge on any atom is 0.410 e. The Hall–Kier alpha value is -1.79. The largest absolute Gasteiger partial charge is 0.444 e. The summed E-state index contributed by atoms with van der Waals surface area (Å²) in [5.41, 5.74) is 4.79. The molecule has 0 aromatic heterocycles. The topological polar surface area (TPSA) is 92.9 Å². The van der Waals surface area contributed by atoms with Gasteiger partial charge in [-0.25, -0.2) is 4.79 Å². The van der Waals surface area contributed by atoms with E-state index < -0.39 is 29.7 Å². The summed E-state index contributed by atoms with van der Waals surface area (Å²) in [6, 6.07) is -1.14. The zero-order valence-corrected chi connectivity index (χ0v) is 14.4. The second kappa shape index (κ2) is 6.37. The molecule has 0 bridgehead atoms. The number of carbonyl (C=O) groups is 3. The third-order valence-electron chi connectivity index (χ3n) is 4.45. The van der Waals surface area contributed by atoms with E-state index in [1.54, 1.807) is 20.8 Å². The van der Waals surface area contributed by atoms with E-state index in [9.17, 15) is 14.4 Å². The van der Waals surface area contributed by atoms with Crippen molar-refractivity contribution in [3.05, 3.63) is 0 Å². The Morgan fingerprint density at radius 1 is 1.09 bits per heavy atom. The molecule has 0 aromatic rings. The van der Waals surface area contributed by atoms with Crippen molar-refractivity contribution in [3.63, 3.8) is 0 Å². The Balaban J connectivity index is 2.16. The number of hydrogen-bond donors (Lipinski definition) is 1. The highest BCUT2D eigenvalue weighted by Crippen LogP contribution is 2.30. The first-order chi connectivity index (χ1) is 10.6. The molecule has 3 atom stereocenters. The van der Waals surface area contributed by atoms with E-state index in [1.165, 1.54) is 9.80 Å². The van der Waals surface area contributed by atoms with Crippen molar-refractivity contribution >= 4 is 17.9 Å². The minimum atomic E-state index is -0.611. The molecular formula is C16H27N3O4. The number of primary amides is 1. The van der Waals surface area contributed by atoms with Gasteiger partial charge in [0.2, 0.25) is 11.8 Å². The van der Waals surface area contributed by atoms with Crippen LogP contribution in [0.1, 0.15) is 47.0 Å². The van der Waals surface area contributed by atoms with E-state index in [-0.39, 0.29) is 11.8 Å². The molecule has 0 saturated carbocycles. The van der Waals surface area contributed by atoms with Gasteiger partial charge >= 0.3 is 6.09 Å². The molecule has 0 spiro atoms. The second-order valence-electron chi connectivity index (χ2n) is 7.48. The first kappa shape index (κ1) is 17.6. The lowest BCUT2D eigenvalue weighted by atomic mass is 10.0. The smallest absolute Gasteiger partial charge is 0.410 e. The van der Waals surface area contributed by atoms with Gasteiger partial charge in [0.1, 0.15) is 17.7 Å². The third-order valence-corrected chi connectivity index (χ3v) is 4.45. The summed E-state index contributed by atoms with van der Waals surface area (Å²) in [6.45, 7) is 8.34. The normalized spacial score (nSPS) is 28.1. The van der Waals surface area contributed by atoms with Crippen LogP contribution < -0.4 is 5.73 Å². The monoisotopic (exact) mass is 325 g/mol. The summed E-state index contributed by atoms with van der Waals surface area (Å²) in [5, 5.41) is 0. The van der Waals surface area contributed by atoms with Crippen molar-refractivity contribution in [1.82, 2.24) is 9.80 Å². The number of ether oxygens (including phenoxy) is 1. The minimum Gasteiger partial charge on any atom is -0.444 e. The van der Waals surface area contributed by atoms with E-state index in [2.05, 4.69) is 0 Å². The highest BCUT2D eigenvalue weighted by molar-refractivity contribution is 5.91. The summed E-state index contributed by atoms with van der Waals surface area (Å²) in [6.07, 6.45) is 1.61. The lowest BCUT2D eigenvalue weighted by Crippen LogP contribution is -2.54. The average Bonchev–Trinajstić information content (AvgIpc) is 3.02. The van der Waals surface area contributed by atoms with E-state index in [0.29, 0.717) is 19.5 Å².